The molecule has 2 aliphatic heterocycles. The molecule has 1 aromatic heterocycles. The van der Waals surface area contributed by atoms with E-state index < -0.39 is 0 Å². The van der Waals surface area contributed by atoms with Gasteiger partial charge in [0.05, 0.1) is 12.8 Å². The molecule has 4 rings (SSSR count). The summed E-state index contributed by atoms with van der Waals surface area (Å²) in [5.74, 6) is 0.970. The van der Waals surface area contributed by atoms with Crippen LogP contribution in [0, 0.1) is 11.3 Å². The second-order valence-electron chi connectivity index (χ2n) is 7.58. The number of nitriles is 1. The standard InChI is InChI=1S/C22H28N4OS/c1-27-22-5-3-2-4-21(22)26-14-12-25(13-15-26)18-8-10-24(11-9-18)17-20-7-6-19(16-23)28-20/h2-7,18H,8-15,17H2,1H3. The number of hydrogen-bond acceptors (Lipinski definition) is 6. The van der Waals surface area contributed by atoms with Gasteiger partial charge in [-0.25, -0.2) is 0 Å². The van der Waals surface area contributed by atoms with Crippen molar-refractivity contribution < 1.29 is 4.74 Å². The summed E-state index contributed by atoms with van der Waals surface area (Å²) in [5, 5.41) is 8.99. The highest BCUT2D eigenvalue weighted by Gasteiger charge is 2.28. The Kier molecular flexibility index (Phi) is 6.16. The maximum absolute atomic E-state index is 8.99. The SMILES string of the molecule is COc1ccccc1N1CCN(C2CCN(Cc3ccc(C#N)s3)CC2)CC1. The molecular weight excluding hydrogens is 368 g/mol. The lowest BCUT2D eigenvalue weighted by molar-refractivity contribution is 0.100. The predicted octanol–water partition coefficient (Wildman–Crippen LogP) is 3.41. The van der Waals surface area contributed by atoms with Crippen molar-refractivity contribution in [2.24, 2.45) is 0 Å². The van der Waals surface area contributed by atoms with Crippen LogP contribution >= 0.6 is 11.3 Å². The summed E-state index contributed by atoms with van der Waals surface area (Å²) in [6, 6.07) is 15.3. The van der Waals surface area contributed by atoms with Gasteiger partial charge in [-0.15, -0.1) is 11.3 Å². The van der Waals surface area contributed by atoms with Crippen LogP contribution in [0.3, 0.4) is 0 Å². The fraction of sp³-hybridized carbons (Fsp3) is 0.500. The molecule has 2 aliphatic rings. The summed E-state index contributed by atoms with van der Waals surface area (Å²) >= 11 is 1.63. The fourth-order valence-corrected chi connectivity index (χ4v) is 5.25. The number of methoxy groups -OCH3 is 1. The minimum absolute atomic E-state index is 0.703. The van der Waals surface area contributed by atoms with Crippen molar-refractivity contribution in [1.82, 2.24) is 9.80 Å². The smallest absolute Gasteiger partial charge is 0.142 e. The van der Waals surface area contributed by atoms with Crippen LogP contribution in [0.4, 0.5) is 5.69 Å². The van der Waals surface area contributed by atoms with E-state index in [-0.39, 0.29) is 0 Å². The summed E-state index contributed by atoms with van der Waals surface area (Å²) in [4.78, 5) is 9.79. The number of anilines is 1. The van der Waals surface area contributed by atoms with Gasteiger partial charge < -0.3 is 9.64 Å². The van der Waals surface area contributed by atoms with Crippen LogP contribution in [0.1, 0.15) is 22.6 Å². The van der Waals surface area contributed by atoms with Crippen molar-refractivity contribution in [2.75, 3.05) is 51.3 Å². The highest BCUT2D eigenvalue weighted by molar-refractivity contribution is 7.12. The second-order valence-corrected chi connectivity index (χ2v) is 8.75. The van der Waals surface area contributed by atoms with E-state index in [4.69, 9.17) is 10.00 Å². The van der Waals surface area contributed by atoms with E-state index in [2.05, 4.69) is 39.0 Å². The van der Waals surface area contributed by atoms with Crippen molar-refractivity contribution in [3.8, 4) is 11.8 Å². The van der Waals surface area contributed by atoms with Gasteiger partial charge in [0.15, 0.2) is 0 Å². The van der Waals surface area contributed by atoms with Gasteiger partial charge in [-0.1, -0.05) is 12.1 Å². The normalized spacial score (nSPS) is 19.5. The summed E-state index contributed by atoms with van der Waals surface area (Å²) in [6.45, 7) is 7.66. The lowest BCUT2D eigenvalue weighted by Gasteiger charge is -2.43. The Labute approximate surface area is 171 Å². The molecule has 0 N–H and O–H groups in total. The molecule has 0 atom stereocenters. The second kappa shape index (κ2) is 8.95. The number of likely N-dealkylation sites (tertiary alicyclic amines) is 1. The summed E-state index contributed by atoms with van der Waals surface area (Å²) in [5.41, 5.74) is 1.21. The molecule has 2 fully saturated rings. The Morgan fingerprint density at radius 3 is 2.46 bits per heavy atom. The van der Waals surface area contributed by atoms with E-state index in [1.165, 1.54) is 23.4 Å². The molecule has 1 aromatic carbocycles. The van der Waals surface area contributed by atoms with Crippen LogP contribution in [0.15, 0.2) is 36.4 Å². The quantitative estimate of drug-likeness (QED) is 0.775. The Morgan fingerprint density at radius 1 is 1.04 bits per heavy atom. The lowest BCUT2D eigenvalue weighted by atomic mass is 10.0. The van der Waals surface area contributed by atoms with Gasteiger partial charge in [0.2, 0.25) is 0 Å². The van der Waals surface area contributed by atoms with Crippen LogP contribution in [0.2, 0.25) is 0 Å². The van der Waals surface area contributed by atoms with Crippen LogP contribution in [-0.2, 0) is 6.54 Å². The number of ether oxygens (including phenoxy) is 1. The molecule has 0 unspecified atom stereocenters. The molecule has 148 valence electrons. The average Bonchev–Trinajstić information content (AvgIpc) is 3.22. The Morgan fingerprint density at radius 2 is 1.79 bits per heavy atom. The number of nitrogens with zero attached hydrogens (tertiary/aromatic N) is 4. The maximum atomic E-state index is 8.99. The third-order valence-corrected chi connectivity index (χ3v) is 6.94. The lowest BCUT2D eigenvalue weighted by Crippen LogP contribution is -2.53. The van der Waals surface area contributed by atoms with Gasteiger partial charge in [0.1, 0.15) is 16.7 Å². The van der Waals surface area contributed by atoms with Crippen LogP contribution < -0.4 is 9.64 Å². The zero-order chi connectivity index (χ0) is 19.3. The fourth-order valence-electron chi connectivity index (χ4n) is 4.40. The van der Waals surface area contributed by atoms with Crippen molar-refractivity contribution in [2.45, 2.75) is 25.4 Å². The Hall–Kier alpha value is -2.07. The zero-order valence-corrected chi connectivity index (χ0v) is 17.3. The maximum Gasteiger partial charge on any atom is 0.142 e. The molecule has 5 nitrogen and oxygen atoms in total. The van der Waals surface area contributed by atoms with E-state index >= 15 is 0 Å². The molecule has 0 saturated carbocycles. The van der Waals surface area contributed by atoms with Gasteiger partial charge in [-0.05, 0) is 37.1 Å². The van der Waals surface area contributed by atoms with Crippen LogP contribution in [-0.4, -0.2) is 62.2 Å². The highest BCUT2D eigenvalue weighted by atomic mass is 32.1. The van der Waals surface area contributed by atoms with E-state index in [9.17, 15) is 0 Å². The molecule has 2 saturated heterocycles. The molecule has 6 heteroatoms. The Bertz CT molecular complexity index is 814. The zero-order valence-electron chi connectivity index (χ0n) is 16.5. The van der Waals surface area contributed by atoms with E-state index in [0.717, 1.165) is 56.4 Å². The first-order valence-corrected chi connectivity index (χ1v) is 10.9. The number of para-hydroxylation sites is 2. The summed E-state index contributed by atoms with van der Waals surface area (Å²) in [6.07, 6.45) is 2.48. The van der Waals surface area contributed by atoms with Crippen LogP contribution in [0.5, 0.6) is 5.75 Å². The number of piperidine rings is 1. The summed E-state index contributed by atoms with van der Waals surface area (Å²) in [7, 11) is 1.75. The topological polar surface area (TPSA) is 42.7 Å². The largest absolute Gasteiger partial charge is 0.495 e. The van der Waals surface area contributed by atoms with Crippen molar-refractivity contribution in [3.63, 3.8) is 0 Å². The third kappa shape index (κ3) is 4.33. The monoisotopic (exact) mass is 396 g/mol. The van der Waals surface area contributed by atoms with E-state index in [0.29, 0.717) is 6.04 Å². The Balaban J connectivity index is 1.25. The predicted molar refractivity (Wildman–Crippen MR) is 114 cm³/mol. The molecular formula is C22H28N4OS. The summed E-state index contributed by atoms with van der Waals surface area (Å²) < 4.78 is 5.53. The van der Waals surface area contributed by atoms with Gasteiger partial charge in [-0.3, -0.25) is 9.80 Å². The highest BCUT2D eigenvalue weighted by Crippen LogP contribution is 2.29. The number of piperazine rings is 1. The van der Waals surface area contributed by atoms with Gasteiger partial charge >= 0.3 is 0 Å². The number of thiophene rings is 1. The number of hydrogen-bond donors (Lipinski definition) is 0. The average molecular weight is 397 g/mol. The van der Waals surface area contributed by atoms with Crippen molar-refractivity contribution in [1.29, 1.82) is 5.26 Å². The molecule has 0 aliphatic carbocycles. The first-order chi connectivity index (χ1) is 13.8. The molecule has 0 radical (unpaired) electrons. The first-order valence-electron chi connectivity index (χ1n) is 10.1. The van der Waals surface area contributed by atoms with Crippen LogP contribution in [0.25, 0.3) is 0 Å². The molecule has 0 spiro atoms. The minimum Gasteiger partial charge on any atom is -0.495 e. The third-order valence-electron chi connectivity index (χ3n) is 5.96. The van der Waals surface area contributed by atoms with Gasteiger partial charge in [0, 0.05) is 56.7 Å². The molecule has 0 amide bonds. The molecule has 0 bridgehead atoms. The molecule has 28 heavy (non-hydrogen) atoms. The first kappa shape index (κ1) is 19.3. The van der Waals surface area contributed by atoms with Gasteiger partial charge in [0.25, 0.3) is 0 Å². The van der Waals surface area contributed by atoms with Gasteiger partial charge in [-0.2, -0.15) is 5.26 Å². The van der Waals surface area contributed by atoms with E-state index in [1.807, 2.05) is 18.2 Å². The van der Waals surface area contributed by atoms with Crippen molar-refractivity contribution in [3.05, 3.63) is 46.2 Å². The number of benzene rings is 1. The van der Waals surface area contributed by atoms with E-state index in [1.54, 1.807) is 18.4 Å². The minimum atomic E-state index is 0.703. The number of rotatable bonds is 5. The molecule has 2 aromatic rings. The van der Waals surface area contributed by atoms with Crippen molar-refractivity contribution >= 4 is 17.0 Å². The molecule has 3 heterocycles.